The van der Waals surface area contributed by atoms with Crippen molar-refractivity contribution in [1.82, 2.24) is 0 Å². The Bertz CT molecular complexity index is 975. The normalized spacial score (nSPS) is 17.1. The van der Waals surface area contributed by atoms with Gasteiger partial charge in [0, 0.05) is 11.5 Å². The smallest absolute Gasteiger partial charge is 0.497 e. The molecule has 0 bridgehead atoms. The zero-order valence-electron chi connectivity index (χ0n) is 17.0. The molecule has 2 aromatic rings. The highest BCUT2D eigenvalue weighted by Crippen LogP contribution is 2.60. The van der Waals surface area contributed by atoms with E-state index in [1.54, 1.807) is 53.9 Å². The first-order valence-corrected chi connectivity index (χ1v) is 12.8. The molecule has 1 aliphatic heterocycles. The second-order valence-electron chi connectivity index (χ2n) is 6.94. The van der Waals surface area contributed by atoms with Gasteiger partial charge in [0.1, 0.15) is 11.5 Å². The SMILES string of the molecule is COc1ccc(C(=CS2(OS(=O)(=O)C(F)(F)F)CCCC2)c2ccc(OC)cc2)cc1. The zero-order valence-corrected chi connectivity index (χ0v) is 18.6. The second kappa shape index (κ2) is 9.13. The highest BCUT2D eigenvalue weighted by molar-refractivity contribution is 8.35. The molecule has 2 aromatic carbocycles. The van der Waals surface area contributed by atoms with Crippen LogP contribution in [0, 0.1) is 0 Å². The van der Waals surface area contributed by atoms with E-state index in [0.29, 0.717) is 41.0 Å². The third-order valence-corrected chi connectivity index (χ3v) is 9.87. The van der Waals surface area contributed by atoms with E-state index in [4.69, 9.17) is 13.1 Å². The van der Waals surface area contributed by atoms with Crippen LogP contribution in [0.25, 0.3) is 5.57 Å². The van der Waals surface area contributed by atoms with Crippen LogP contribution in [-0.4, -0.2) is 39.7 Å². The Kier molecular flexibility index (Phi) is 6.92. The molecule has 0 aliphatic carbocycles. The Labute approximate surface area is 181 Å². The van der Waals surface area contributed by atoms with Crippen molar-refractivity contribution in [2.75, 3.05) is 25.7 Å². The molecule has 1 aliphatic rings. The van der Waals surface area contributed by atoms with Crippen LogP contribution in [0.5, 0.6) is 11.5 Å². The van der Waals surface area contributed by atoms with E-state index in [1.807, 2.05) is 0 Å². The average molecular weight is 477 g/mol. The van der Waals surface area contributed by atoms with E-state index >= 15 is 0 Å². The van der Waals surface area contributed by atoms with Gasteiger partial charge in [-0.15, -0.1) is 0 Å². The molecular formula is C21H23F3O5S2. The fourth-order valence-electron chi connectivity index (χ4n) is 3.28. The summed E-state index contributed by atoms with van der Waals surface area (Å²) < 4.78 is 78.2. The Morgan fingerprint density at radius 2 is 1.29 bits per heavy atom. The summed E-state index contributed by atoms with van der Waals surface area (Å²) in [4.78, 5) is 0. The van der Waals surface area contributed by atoms with Gasteiger partial charge in [0.25, 0.3) is 0 Å². The van der Waals surface area contributed by atoms with Crippen LogP contribution >= 0.6 is 10.3 Å². The number of rotatable bonds is 7. The van der Waals surface area contributed by atoms with Crippen molar-refractivity contribution in [3.8, 4) is 11.5 Å². The van der Waals surface area contributed by atoms with Gasteiger partial charge in [0.2, 0.25) is 0 Å². The number of methoxy groups -OCH3 is 2. The van der Waals surface area contributed by atoms with E-state index in [2.05, 4.69) is 0 Å². The molecule has 10 heteroatoms. The quantitative estimate of drug-likeness (QED) is 0.496. The molecule has 1 saturated heterocycles. The number of ether oxygens (including phenoxy) is 2. The molecule has 0 atom stereocenters. The highest BCUT2D eigenvalue weighted by atomic mass is 32.3. The Morgan fingerprint density at radius 3 is 1.65 bits per heavy atom. The molecule has 1 fully saturated rings. The first kappa shape index (κ1) is 23.5. The summed E-state index contributed by atoms with van der Waals surface area (Å²) in [7, 11) is -5.32. The lowest BCUT2D eigenvalue weighted by molar-refractivity contribution is -0.0495. The summed E-state index contributed by atoms with van der Waals surface area (Å²) >= 11 is 0. The van der Waals surface area contributed by atoms with Gasteiger partial charge in [0.15, 0.2) is 0 Å². The molecule has 1 heterocycles. The highest BCUT2D eigenvalue weighted by Gasteiger charge is 2.51. The fraction of sp³-hybridized carbons (Fsp3) is 0.333. The van der Waals surface area contributed by atoms with Gasteiger partial charge >= 0.3 is 15.6 Å². The van der Waals surface area contributed by atoms with Crippen molar-refractivity contribution in [2.24, 2.45) is 0 Å². The number of benzene rings is 2. The second-order valence-corrected chi connectivity index (χ2v) is 11.6. The van der Waals surface area contributed by atoms with Crippen molar-refractivity contribution >= 4 is 26.0 Å². The van der Waals surface area contributed by atoms with Crippen LogP contribution in [0.2, 0.25) is 0 Å². The number of hydrogen-bond donors (Lipinski definition) is 0. The minimum Gasteiger partial charge on any atom is -0.497 e. The van der Waals surface area contributed by atoms with Crippen molar-refractivity contribution in [2.45, 2.75) is 18.3 Å². The van der Waals surface area contributed by atoms with Gasteiger partial charge < -0.3 is 9.47 Å². The molecule has 0 N–H and O–H groups in total. The van der Waals surface area contributed by atoms with Crippen LogP contribution < -0.4 is 9.47 Å². The lowest BCUT2D eigenvalue weighted by Gasteiger charge is -2.32. The monoisotopic (exact) mass is 476 g/mol. The van der Waals surface area contributed by atoms with E-state index in [0.717, 1.165) is 0 Å². The summed E-state index contributed by atoms with van der Waals surface area (Å²) in [6.07, 6.45) is 1.19. The van der Waals surface area contributed by atoms with Crippen molar-refractivity contribution in [3.05, 3.63) is 65.1 Å². The van der Waals surface area contributed by atoms with Gasteiger partial charge in [-0.1, -0.05) is 34.6 Å². The van der Waals surface area contributed by atoms with Crippen molar-refractivity contribution in [1.29, 1.82) is 0 Å². The van der Waals surface area contributed by atoms with E-state index < -0.39 is 25.9 Å². The fourth-order valence-corrected chi connectivity index (χ4v) is 8.24. The van der Waals surface area contributed by atoms with Crippen molar-refractivity contribution in [3.63, 3.8) is 0 Å². The minimum absolute atomic E-state index is 0.248. The maximum absolute atomic E-state index is 13.1. The molecule has 0 aromatic heterocycles. The lowest BCUT2D eigenvalue weighted by Crippen LogP contribution is -2.27. The van der Waals surface area contributed by atoms with Crippen LogP contribution in [0.1, 0.15) is 24.0 Å². The molecule has 0 saturated carbocycles. The number of alkyl halides is 3. The predicted molar refractivity (Wildman–Crippen MR) is 116 cm³/mol. The first-order chi connectivity index (χ1) is 14.6. The molecule has 5 nitrogen and oxygen atoms in total. The number of hydrogen-bond acceptors (Lipinski definition) is 5. The van der Waals surface area contributed by atoms with Crippen LogP contribution in [0.15, 0.2) is 53.9 Å². The Morgan fingerprint density at radius 1 is 0.871 bits per heavy atom. The van der Waals surface area contributed by atoms with Gasteiger partial charge in [-0.05, 0) is 59.2 Å². The predicted octanol–water partition coefficient (Wildman–Crippen LogP) is 5.47. The van der Waals surface area contributed by atoms with Crippen molar-refractivity contribution < 1.29 is 34.7 Å². The summed E-state index contributed by atoms with van der Waals surface area (Å²) in [5.41, 5.74) is -3.46. The Balaban J connectivity index is 2.12. The standard InChI is InChI=1S/C21H23F3O5S2/c1-27-18-9-5-16(6-10-18)20(17-7-11-19(28-2)12-8-17)15-30(13-3-4-14-30)29-31(25,26)21(22,23)24/h5-12,15H,3-4,13-14H2,1-2H3. The molecule has 31 heavy (non-hydrogen) atoms. The Hall–Kier alpha value is -2.17. The van der Waals surface area contributed by atoms with Gasteiger partial charge in [-0.2, -0.15) is 21.6 Å². The molecule has 0 spiro atoms. The maximum Gasteiger partial charge on any atom is 0.523 e. The third-order valence-electron chi connectivity index (χ3n) is 4.87. The molecule has 0 amide bonds. The lowest BCUT2D eigenvalue weighted by atomic mass is 9.99. The molecular weight excluding hydrogens is 453 g/mol. The van der Waals surface area contributed by atoms with Crippen LogP contribution in [-0.2, 0) is 13.7 Å². The molecule has 170 valence electrons. The third kappa shape index (κ3) is 5.36. The summed E-state index contributed by atoms with van der Waals surface area (Å²) in [6, 6.07) is 14.0. The maximum atomic E-state index is 13.1. The number of halogens is 3. The van der Waals surface area contributed by atoms with E-state index in [-0.39, 0.29) is 11.5 Å². The van der Waals surface area contributed by atoms with E-state index in [9.17, 15) is 21.6 Å². The first-order valence-electron chi connectivity index (χ1n) is 9.41. The molecule has 0 radical (unpaired) electrons. The summed E-state index contributed by atoms with van der Waals surface area (Å²) in [6.45, 7) is 0. The molecule has 3 rings (SSSR count). The van der Waals surface area contributed by atoms with Gasteiger partial charge in [0.05, 0.1) is 14.2 Å². The largest absolute Gasteiger partial charge is 0.523 e. The van der Waals surface area contributed by atoms with Gasteiger partial charge in [-0.25, -0.2) is 3.63 Å². The summed E-state index contributed by atoms with van der Waals surface area (Å²) in [5.74, 6) is 1.74. The minimum atomic E-state index is -5.72. The van der Waals surface area contributed by atoms with Crippen LogP contribution in [0.3, 0.4) is 0 Å². The summed E-state index contributed by atoms with van der Waals surface area (Å²) in [5, 5.41) is 1.59. The topological polar surface area (TPSA) is 61.8 Å². The van der Waals surface area contributed by atoms with E-state index in [1.165, 1.54) is 14.2 Å². The van der Waals surface area contributed by atoms with Gasteiger partial charge in [-0.3, -0.25) is 0 Å². The van der Waals surface area contributed by atoms with Crippen LogP contribution in [0.4, 0.5) is 13.2 Å². The molecule has 0 unspecified atom stereocenters. The zero-order chi connectivity index (χ0) is 22.7. The average Bonchev–Trinajstić information content (AvgIpc) is 3.19.